The summed E-state index contributed by atoms with van der Waals surface area (Å²) in [5.74, 6) is -0.372. The Balaban J connectivity index is 2.12. The topological polar surface area (TPSA) is 80.1 Å². The molecule has 0 unspecified atom stereocenters. The Morgan fingerprint density at radius 1 is 1.18 bits per heavy atom. The van der Waals surface area contributed by atoms with Crippen molar-refractivity contribution in [3.8, 4) is 11.3 Å². The van der Waals surface area contributed by atoms with Gasteiger partial charge in [-0.05, 0) is 26.8 Å². The molecular weight excluding hydrogens is 354 g/mol. The van der Waals surface area contributed by atoms with E-state index in [1.165, 1.54) is 0 Å². The summed E-state index contributed by atoms with van der Waals surface area (Å²) in [6, 6.07) is 11.5. The molecule has 0 saturated heterocycles. The molecule has 0 atom stereocenters. The van der Waals surface area contributed by atoms with Gasteiger partial charge in [0, 0.05) is 25.7 Å². The van der Waals surface area contributed by atoms with Gasteiger partial charge in [0.05, 0.1) is 28.9 Å². The molecule has 0 saturated carbocycles. The van der Waals surface area contributed by atoms with Crippen LogP contribution in [0.3, 0.4) is 0 Å². The number of carbonyl (C=O) groups excluding carboxylic acids is 2. The molecule has 0 spiro atoms. The molecule has 0 radical (unpaired) electrons. The van der Waals surface area contributed by atoms with Crippen LogP contribution in [0.1, 0.15) is 29.9 Å². The first-order valence-corrected chi connectivity index (χ1v) is 9.42. The van der Waals surface area contributed by atoms with Crippen LogP contribution in [0.5, 0.6) is 0 Å². The predicted molar refractivity (Wildman–Crippen MR) is 109 cm³/mol. The van der Waals surface area contributed by atoms with Crippen molar-refractivity contribution in [2.75, 3.05) is 19.6 Å². The number of amides is 2. The molecule has 2 heterocycles. The Bertz CT molecular complexity index is 1010. The predicted octanol–water partition coefficient (Wildman–Crippen LogP) is 2.54. The highest BCUT2D eigenvalue weighted by Gasteiger charge is 2.24. The van der Waals surface area contributed by atoms with Crippen LogP contribution in [-0.4, -0.2) is 51.1 Å². The van der Waals surface area contributed by atoms with E-state index in [9.17, 15) is 9.59 Å². The van der Waals surface area contributed by atoms with Gasteiger partial charge in [0.15, 0.2) is 5.65 Å². The lowest BCUT2D eigenvalue weighted by molar-refractivity contribution is -0.121. The number of hydrogen-bond donors (Lipinski definition) is 1. The van der Waals surface area contributed by atoms with Gasteiger partial charge in [-0.1, -0.05) is 30.3 Å². The first-order chi connectivity index (χ1) is 13.5. The number of aromatic nitrogens is 3. The smallest absolute Gasteiger partial charge is 0.255 e. The van der Waals surface area contributed by atoms with Gasteiger partial charge in [-0.3, -0.25) is 14.3 Å². The molecule has 2 aromatic heterocycles. The Morgan fingerprint density at radius 2 is 1.89 bits per heavy atom. The molecule has 1 aromatic carbocycles. The van der Waals surface area contributed by atoms with Gasteiger partial charge in [0.1, 0.15) is 0 Å². The zero-order chi connectivity index (χ0) is 20.3. The van der Waals surface area contributed by atoms with E-state index in [1.807, 2.05) is 58.2 Å². The second-order valence-electron chi connectivity index (χ2n) is 6.60. The van der Waals surface area contributed by atoms with Crippen molar-refractivity contribution in [2.24, 2.45) is 7.05 Å². The number of aryl methyl sites for hydroxylation is 2. The van der Waals surface area contributed by atoms with Crippen LogP contribution >= 0.6 is 0 Å². The number of carbonyl (C=O) groups is 2. The van der Waals surface area contributed by atoms with E-state index in [1.54, 1.807) is 15.6 Å². The van der Waals surface area contributed by atoms with E-state index >= 15 is 0 Å². The Morgan fingerprint density at radius 3 is 2.54 bits per heavy atom. The standard InChI is InChI=1S/C21H25N5O2/c1-5-22-18(27)13-26(6-2)21(28)16-12-17(15-10-8-7-9-11-15)23-20-19(16)14(3)24-25(20)4/h7-12H,5-6,13H2,1-4H3,(H,22,27). The third-order valence-electron chi connectivity index (χ3n) is 4.65. The second kappa shape index (κ2) is 8.21. The molecular formula is C21H25N5O2. The molecule has 7 heteroatoms. The van der Waals surface area contributed by atoms with E-state index in [4.69, 9.17) is 4.98 Å². The first kappa shape index (κ1) is 19.5. The number of pyridine rings is 1. The van der Waals surface area contributed by atoms with E-state index in [-0.39, 0.29) is 18.4 Å². The first-order valence-electron chi connectivity index (χ1n) is 9.42. The SMILES string of the molecule is CCNC(=O)CN(CC)C(=O)c1cc(-c2ccccc2)nc2c1c(C)nn2C. The van der Waals surface area contributed by atoms with Gasteiger partial charge in [0.25, 0.3) is 5.91 Å². The Labute approximate surface area is 164 Å². The van der Waals surface area contributed by atoms with Crippen molar-refractivity contribution in [3.05, 3.63) is 47.7 Å². The van der Waals surface area contributed by atoms with Gasteiger partial charge in [0.2, 0.25) is 5.91 Å². The van der Waals surface area contributed by atoms with Crippen LogP contribution < -0.4 is 5.32 Å². The minimum absolute atomic E-state index is 0.0208. The molecule has 7 nitrogen and oxygen atoms in total. The van der Waals surface area contributed by atoms with Crippen molar-refractivity contribution < 1.29 is 9.59 Å². The quantitative estimate of drug-likeness (QED) is 0.714. The molecule has 28 heavy (non-hydrogen) atoms. The van der Waals surface area contributed by atoms with Crippen molar-refractivity contribution in [2.45, 2.75) is 20.8 Å². The molecule has 0 aliphatic rings. The number of nitrogens with one attached hydrogen (secondary N) is 1. The third-order valence-corrected chi connectivity index (χ3v) is 4.65. The van der Waals surface area contributed by atoms with Crippen LogP contribution in [0, 0.1) is 6.92 Å². The maximum absolute atomic E-state index is 13.4. The summed E-state index contributed by atoms with van der Waals surface area (Å²) in [5, 5.41) is 7.92. The van der Waals surface area contributed by atoms with E-state index in [0.717, 1.165) is 16.6 Å². The van der Waals surface area contributed by atoms with Crippen LogP contribution in [0.15, 0.2) is 36.4 Å². The monoisotopic (exact) mass is 379 g/mol. The van der Waals surface area contributed by atoms with Crippen LogP contribution in [0.25, 0.3) is 22.3 Å². The summed E-state index contributed by atoms with van der Waals surface area (Å²) < 4.78 is 1.69. The van der Waals surface area contributed by atoms with Crippen molar-refractivity contribution in [3.63, 3.8) is 0 Å². The molecule has 146 valence electrons. The minimum Gasteiger partial charge on any atom is -0.355 e. The lowest BCUT2D eigenvalue weighted by atomic mass is 10.0. The highest BCUT2D eigenvalue weighted by atomic mass is 16.2. The highest BCUT2D eigenvalue weighted by Crippen LogP contribution is 2.27. The van der Waals surface area contributed by atoms with E-state index in [0.29, 0.717) is 30.0 Å². The number of nitrogens with zero attached hydrogens (tertiary/aromatic N) is 4. The Hall–Kier alpha value is -3.22. The summed E-state index contributed by atoms with van der Waals surface area (Å²) in [5.41, 5.74) is 3.52. The molecule has 0 fully saturated rings. The van der Waals surface area contributed by atoms with Crippen LogP contribution in [-0.2, 0) is 11.8 Å². The van der Waals surface area contributed by atoms with Crippen molar-refractivity contribution in [1.29, 1.82) is 0 Å². The lowest BCUT2D eigenvalue weighted by Crippen LogP contribution is -2.40. The average Bonchev–Trinajstić information content (AvgIpc) is 2.99. The fourth-order valence-corrected chi connectivity index (χ4v) is 3.29. The molecule has 0 aliphatic carbocycles. The highest BCUT2D eigenvalue weighted by molar-refractivity contribution is 6.08. The number of hydrogen-bond acceptors (Lipinski definition) is 4. The third kappa shape index (κ3) is 3.74. The second-order valence-corrected chi connectivity index (χ2v) is 6.60. The van der Waals surface area contributed by atoms with E-state index in [2.05, 4.69) is 10.4 Å². The normalized spacial score (nSPS) is 10.9. The maximum atomic E-state index is 13.4. The molecule has 0 bridgehead atoms. The largest absolute Gasteiger partial charge is 0.355 e. The fourth-order valence-electron chi connectivity index (χ4n) is 3.29. The maximum Gasteiger partial charge on any atom is 0.255 e. The minimum atomic E-state index is -0.200. The summed E-state index contributed by atoms with van der Waals surface area (Å²) >= 11 is 0. The van der Waals surface area contributed by atoms with Gasteiger partial charge in [-0.25, -0.2) is 4.98 Å². The summed E-state index contributed by atoms with van der Waals surface area (Å²) in [4.78, 5) is 31.7. The molecule has 3 rings (SSSR count). The number of fused-ring (bicyclic) bond motifs is 1. The number of benzene rings is 1. The summed E-state index contributed by atoms with van der Waals surface area (Å²) in [7, 11) is 1.82. The number of rotatable bonds is 6. The summed E-state index contributed by atoms with van der Waals surface area (Å²) in [6.45, 7) is 6.57. The molecule has 1 N–H and O–H groups in total. The Kier molecular flexibility index (Phi) is 5.73. The van der Waals surface area contributed by atoms with Gasteiger partial charge in [-0.15, -0.1) is 0 Å². The molecule has 3 aromatic rings. The van der Waals surface area contributed by atoms with Crippen molar-refractivity contribution in [1.82, 2.24) is 25.0 Å². The average molecular weight is 379 g/mol. The molecule has 2 amide bonds. The zero-order valence-corrected chi connectivity index (χ0v) is 16.7. The van der Waals surface area contributed by atoms with Gasteiger partial charge >= 0.3 is 0 Å². The number of likely N-dealkylation sites (N-methyl/N-ethyl adjacent to an activating group) is 2. The zero-order valence-electron chi connectivity index (χ0n) is 16.7. The summed E-state index contributed by atoms with van der Waals surface area (Å²) in [6.07, 6.45) is 0. The van der Waals surface area contributed by atoms with Crippen molar-refractivity contribution >= 4 is 22.8 Å². The van der Waals surface area contributed by atoms with Crippen LogP contribution in [0.2, 0.25) is 0 Å². The lowest BCUT2D eigenvalue weighted by Gasteiger charge is -2.21. The van der Waals surface area contributed by atoms with Gasteiger partial charge in [-0.2, -0.15) is 5.10 Å². The van der Waals surface area contributed by atoms with E-state index < -0.39 is 0 Å². The van der Waals surface area contributed by atoms with Gasteiger partial charge < -0.3 is 10.2 Å². The molecule has 0 aliphatic heterocycles. The fraction of sp³-hybridized carbons (Fsp3) is 0.333. The van der Waals surface area contributed by atoms with Crippen LogP contribution in [0.4, 0.5) is 0 Å².